The highest BCUT2D eigenvalue weighted by Gasteiger charge is 2.77. The van der Waals surface area contributed by atoms with E-state index in [1.807, 2.05) is 54.6 Å². The predicted molar refractivity (Wildman–Crippen MR) is 538 cm³/mol. The molecule has 0 fully saturated rings. The molecule has 0 saturated carbocycles. The number of fused-ring (bicyclic) bond motifs is 10. The fourth-order valence-electron chi connectivity index (χ4n) is 18.5. The smallest absolute Gasteiger partial charge is 0.298 e. The number of benzene rings is 21. The maximum Gasteiger partial charge on any atom is 0.298 e. The third kappa shape index (κ3) is 14.7. The molecule has 14 heteroatoms. The van der Waals surface area contributed by atoms with Crippen LogP contribution in [-0.4, -0.2) is 38.9 Å². The van der Waals surface area contributed by atoms with Crippen LogP contribution in [0.2, 0.25) is 0 Å². The molecule has 0 spiro atoms. The number of carbonyl (C=O) groups excluding carboxylic acids is 1. The lowest BCUT2D eigenvalue weighted by Gasteiger charge is -2.65. The van der Waals surface area contributed by atoms with Crippen LogP contribution in [-0.2, 0) is 4.79 Å². The number of rotatable bonds is 26. The summed E-state index contributed by atoms with van der Waals surface area (Å²) in [5, 5.41) is 70.9. The molecule has 22 aromatic rings. The summed E-state index contributed by atoms with van der Waals surface area (Å²) in [4.78, 5) is 20.8. The standard InChI is InChI=1S/C114H87N13O/c128-110(127(109-76-108(124-125-109)87-34-2-1-3-35-87)126-107-65-55-86-33-13-23-45-97(86)75-107)111(115-98-56-46-77-24-4-14-36-88(77)66-98,116-99-57-47-78-25-5-15-37-89(78)67-99)112(117-100-58-48-79-26-6-16-38-90(79)68-100,118-101-59-49-80-27-7-17-39-91(80)69-101)113(119-102-60-50-81-28-8-18-40-92(81)70-102,120-103-61-51-82-29-9-19-41-93(82)71-103)114(121-104-62-52-83-30-10-20-42-94(83)72-104,122-105-63-53-84-31-11-21-43-95(84)73-105)123-106-64-54-85-32-12-22-44-96(85)74-106/h1-76,115-123,126H,(H,124,125). The quantitative estimate of drug-likeness (QED) is 0.0184. The molecule has 14 nitrogen and oxygen atoms in total. The molecule has 0 atom stereocenters. The molecule has 0 aliphatic carbocycles. The monoisotopic (exact) mass is 1650 g/mol. The van der Waals surface area contributed by atoms with Crippen LogP contribution in [0, 0.1) is 0 Å². The zero-order valence-electron chi connectivity index (χ0n) is 69.7. The molecule has 0 aliphatic rings. The number of aromatic nitrogens is 2. The van der Waals surface area contributed by atoms with Crippen molar-refractivity contribution in [3.63, 3.8) is 0 Å². The molecule has 21 aromatic carbocycles. The van der Waals surface area contributed by atoms with Gasteiger partial charge < -0.3 is 47.9 Å². The van der Waals surface area contributed by atoms with E-state index in [1.54, 1.807) is 5.01 Å². The summed E-state index contributed by atoms with van der Waals surface area (Å²) in [6, 6.07) is 160. The van der Waals surface area contributed by atoms with Crippen LogP contribution in [0.3, 0.4) is 0 Å². The number of anilines is 11. The number of H-pyrrole nitrogens is 1. The maximum atomic E-state index is 20.8. The topological polar surface area (TPSA) is 169 Å². The molecule has 0 unspecified atom stereocenters. The highest BCUT2D eigenvalue weighted by atomic mass is 16.2. The maximum absolute atomic E-state index is 20.8. The van der Waals surface area contributed by atoms with Crippen LogP contribution in [0.1, 0.15) is 0 Å². The Balaban J connectivity index is 0.991. The van der Waals surface area contributed by atoms with E-state index in [1.165, 1.54) is 0 Å². The molecule has 614 valence electrons. The zero-order chi connectivity index (χ0) is 85.4. The van der Waals surface area contributed by atoms with Crippen molar-refractivity contribution in [2.45, 2.75) is 22.8 Å². The number of hydrogen-bond acceptors (Lipinski definition) is 12. The summed E-state index contributed by atoms with van der Waals surface area (Å²) in [5.74, 6) is -2.53. The van der Waals surface area contributed by atoms with Crippen molar-refractivity contribution < 1.29 is 4.79 Å². The first-order chi connectivity index (χ1) is 63.1. The summed E-state index contributed by atoms with van der Waals surface area (Å²) in [6.07, 6.45) is 0. The van der Waals surface area contributed by atoms with Gasteiger partial charge in [-0.15, -0.1) is 0 Å². The summed E-state index contributed by atoms with van der Waals surface area (Å²) in [6.45, 7) is 0. The Bertz CT molecular complexity index is 7530. The van der Waals surface area contributed by atoms with Gasteiger partial charge in [-0.2, -0.15) is 5.10 Å². The number of nitrogens with one attached hydrogen (secondary N) is 11. The Kier molecular flexibility index (Phi) is 19.6. The zero-order valence-corrected chi connectivity index (χ0v) is 69.7. The lowest BCUT2D eigenvalue weighted by Crippen LogP contribution is -2.94. The highest BCUT2D eigenvalue weighted by molar-refractivity contribution is 6.10. The molecule has 1 aromatic heterocycles. The van der Waals surface area contributed by atoms with E-state index in [0.717, 1.165) is 113 Å². The van der Waals surface area contributed by atoms with Gasteiger partial charge in [0.2, 0.25) is 22.8 Å². The van der Waals surface area contributed by atoms with Gasteiger partial charge in [-0.3, -0.25) is 15.3 Å². The van der Waals surface area contributed by atoms with Gasteiger partial charge in [0.1, 0.15) is 0 Å². The predicted octanol–water partition coefficient (Wildman–Crippen LogP) is 27.7. The molecular formula is C114H87N13O. The largest absolute Gasteiger partial charge is 0.355 e. The first kappa shape index (κ1) is 77.0. The second kappa shape index (κ2) is 32.6. The van der Waals surface area contributed by atoms with Crippen LogP contribution < -0.4 is 58.3 Å². The summed E-state index contributed by atoms with van der Waals surface area (Å²) in [7, 11) is 0. The minimum absolute atomic E-state index is 0.275. The van der Waals surface area contributed by atoms with Gasteiger partial charge in [-0.1, -0.05) is 334 Å². The molecule has 0 bridgehead atoms. The second-order valence-electron chi connectivity index (χ2n) is 33.0. The third-order valence-electron chi connectivity index (χ3n) is 24.8. The molecule has 0 aliphatic heterocycles. The van der Waals surface area contributed by atoms with Crippen LogP contribution in [0.4, 0.5) is 62.7 Å². The molecule has 11 N–H and O–H groups in total. The van der Waals surface area contributed by atoms with Crippen molar-refractivity contribution >= 4 is 176 Å². The van der Waals surface area contributed by atoms with Crippen molar-refractivity contribution in [2.75, 3.05) is 58.3 Å². The Hall–Kier alpha value is -17.1. The van der Waals surface area contributed by atoms with Gasteiger partial charge in [-0.05, 0) is 229 Å². The lowest BCUT2D eigenvalue weighted by molar-refractivity contribution is -0.124. The fraction of sp³-hybridized carbons (Fsp3) is 0.0351. The van der Waals surface area contributed by atoms with Crippen LogP contribution >= 0.6 is 0 Å². The number of amides is 1. The Morgan fingerprint density at radius 3 is 0.688 bits per heavy atom. The van der Waals surface area contributed by atoms with Crippen molar-refractivity contribution in [3.05, 3.63) is 461 Å². The minimum Gasteiger partial charge on any atom is -0.355 e. The first-order valence-corrected chi connectivity index (χ1v) is 43.2. The molecule has 22 rings (SSSR count). The second-order valence-corrected chi connectivity index (χ2v) is 33.0. The van der Waals surface area contributed by atoms with Gasteiger partial charge in [-0.25, -0.2) is 5.01 Å². The number of hydrogen-bond donors (Lipinski definition) is 11. The van der Waals surface area contributed by atoms with E-state index >= 15 is 4.79 Å². The molecule has 1 amide bonds. The Morgan fingerprint density at radius 1 is 0.211 bits per heavy atom. The summed E-state index contributed by atoms with van der Waals surface area (Å²) < 4.78 is 0. The van der Waals surface area contributed by atoms with E-state index in [9.17, 15) is 0 Å². The fourth-order valence-corrected chi connectivity index (χ4v) is 18.5. The van der Waals surface area contributed by atoms with Crippen LogP contribution in [0.25, 0.3) is 119 Å². The summed E-state index contributed by atoms with van der Waals surface area (Å²) in [5.41, 5.74) is 3.73. The van der Waals surface area contributed by atoms with E-state index in [2.05, 4.69) is 454 Å². The highest BCUT2D eigenvalue weighted by Crippen LogP contribution is 2.53. The molecule has 0 radical (unpaired) electrons. The van der Waals surface area contributed by atoms with Crippen molar-refractivity contribution in [3.8, 4) is 11.3 Å². The van der Waals surface area contributed by atoms with E-state index < -0.39 is 28.7 Å². The molecule has 0 saturated heterocycles. The average molecular weight is 1660 g/mol. The van der Waals surface area contributed by atoms with Gasteiger partial charge in [0.05, 0.1) is 11.4 Å². The normalized spacial score (nSPS) is 11.9. The SMILES string of the molecule is O=C(N(Nc1ccc2ccccc2c1)c1cc(-c2ccccc2)n[nH]1)C(Nc1ccc2ccccc2c1)(Nc1ccc2ccccc2c1)C(Nc1ccc2ccccc2c1)(Nc1ccc2ccccc2c1)C(Nc1ccc2ccccc2c1)(Nc1ccc2ccccc2c1)C(Nc1ccc2ccccc2c1)(Nc1ccc2ccccc2c1)Nc1ccc2ccccc2c1. The lowest BCUT2D eigenvalue weighted by atomic mass is 9.72. The molecular weight excluding hydrogens is 1570 g/mol. The Morgan fingerprint density at radius 2 is 0.422 bits per heavy atom. The minimum atomic E-state index is -2.63. The van der Waals surface area contributed by atoms with Crippen molar-refractivity contribution in [1.29, 1.82) is 0 Å². The molecule has 128 heavy (non-hydrogen) atoms. The number of aromatic amines is 1. The Labute approximate surface area is 739 Å². The molecule has 1 heterocycles. The van der Waals surface area contributed by atoms with Gasteiger partial charge in [0.15, 0.2) is 5.82 Å². The van der Waals surface area contributed by atoms with Gasteiger partial charge in [0, 0.05) is 62.8 Å². The van der Waals surface area contributed by atoms with Crippen molar-refractivity contribution in [1.82, 2.24) is 10.2 Å². The number of carbonyl (C=O) groups is 1. The van der Waals surface area contributed by atoms with Crippen LogP contribution in [0.15, 0.2) is 461 Å². The number of hydrazine groups is 1. The van der Waals surface area contributed by atoms with Crippen LogP contribution in [0.5, 0.6) is 0 Å². The number of nitrogens with zero attached hydrogens (tertiary/aromatic N) is 2. The van der Waals surface area contributed by atoms with Gasteiger partial charge in [0.25, 0.3) is 5.91 Å². The van der Waals surface area contributed by atoms with Crippen molar-refractivity contribution in [2.24, 2.45) is 0 Å². The van der Waals surface area contributed by atoms with E-state index in [4.69, 9.17) is 15.7 Å². The van der Waals surface area contributed by atoms with Gasteiger partial charge >= 0.3 is 0 Å². The summed E-state index contributed by atoms with van der Waals surface area (Å²) >= 11 is 0. The average Bonchev–Trinajstić information content (AvgIpc) is 0.707. The van der Waals surface area contributed by atoms with E-state index in [0.29, 0.717) is 62.6 Å². The van der Waals surface area contributed by atoms with E-state index in [-0.39, 0.29) is 5.82 Å². The first-order valence-electron chi connectivity index (χ1n) is 43.2. The third-order valence-corrected chi connectivity index (χ3v) is 24.8.